The lowest BCUT2D eigenvalue weighted by atomic mass is 9.32. The van der Waals surface area contributed by atoms with E-state index in [1.807, 2.05) is 12.1 Å². The summed E-state index contributed by atoms with van der Waals surface area (Å²) < 4.78 is 12.7. The van der Waals surface area contributed by atoms with Crippen LogP contribution < -0.4 is 26.2 Å². The molecule has 0 fully saturated rings. The number of hydrogen-bond acceptors (Lipinski definition) is 4. The fraction of sp³-hybridized carbons (Fsp3) is 0. The summed E-state index contributed by atoms with van der Waals surface area (Å²) in [5, 5.41) is 4.48. The van der Waals surface area contributed by atoms with E-state index in [0.717, 1.165) is 66.4 Å². The third-order valence-electron chi connectivity index (χ3n) is 12.5. The molecule has 0 radical (unpaired) electrons. The molecule has 5 heteroatoms. The molecule has 9 aromatic carbocycles. The van der Waals surface area contributed by atoms with E-state index in [1.165, 1.54) is 50.3 Å². The van der Waals surface area contributed by atoms with Crippen LogP contribution in [0.3, 0.4) is 0 Å². The predicted molar refractivity (Wildman–Crippen MR) is 246 cm³/mol. The van der Waals surface area contributed by atoms with Gasteiger partial charge in [-0.25, -0.2) is 0 Å². The minimum atomic E-state index is -0.105. The van der Waals surface area contributed by atoms with Gasteiger partial charge in [-0.05, 0) is 124 Å². The predicted octanol–water partition coefficient (Wildman–Crippen LogP) is 12.9. The smallest absolute Gasteiger partial charge is 0.253 e. The minimum Gasteiger partial charge on any atom is -0.456 e. The van der Waals surface area contributed by atoms with Crippen LogP contribution in [0.5, 0.6) is 0 Å². The van der Waals surface area contributed by atoms with E-state index < -0.39 is 0 Å². The van der Waals surface area contributed by atoms with E-state index in [0.29, 0.717) is 0 Å². The summed E-state index contributed by atoms with van der Waals surface area (Å²) in [6.07, 6.45) is 0. The van der Waals surface area contributed by atoms with E-state index in [9.17, 15) is 0 Å². The Labute approximate surface area is 340 Å². The SMILES string of the molecule is c1ccc(N2c3cccc(-c4ccc5oc6ccccc6c5c4)c3B3c4c(-c5ccc6oc7ccccc7c6c5)cccc4N(c4ccccc4)c4cccc2c43)cc1. The maximum absolute atomic E-state index is 6.34. The molecule has 2 aliphatic heterocycles. The van der Waals surface area contributed by atoms with Crippen molar-refractivity contribution in [2.45, 2.75) is 0 Å². The topological polar surface area (TPSA) is 32.8 Å². The molecule has 4 nitrogen and oxygen atoms in total. The Hall–Kier alpha value is -7.76. The van der Waals surface area contributed by atoms with Crippen LogP contribution in [0.25, 0.3) is 66.1 Å². The molecule has 0 atom stereocenters. The summed E-state index contributed by atoms with van der Waals surface area (Å²) in [5.41, 5.74) is 19.1. The highest BCUT2D eigenvalue weighted by Gasteiger charge is 2.45. The second-order valence-corrected chi connectivity index (χ2v) is 15.6. The summed E-state index contributed by atoms with van der Waals surface area (Å²) in [5.74, 6) is 0. The summed E-state index contributed by atoms with van der Waals surface area (Å²) in [4.78, 5) is 4.95. The zero-order chi connectivity index (χ0) is 38.6. The molecule has 0 spiro atoms. The third kappa shape index (κ3) is 4.67. The van der Waals surface area contributed by atoms with Crippen LogP contribution >= 0.6 is 0 Å². The van der Waals surface area contributed by atoms with Crippen molar-refractivity contribution in [2.75, 3.05) is 9.80 Å². The van der Waals surface area contributed by atoms with Crippen LogP contribution in [0.2, 0.25) is 0 Å². The number of rotatable bonds is 4. The van der Waals surface area contributed by atoms with Crippen molar-refractivity contribution >= 4 is 101 Å². The first-order chi connectivity index (χ1) is 29.3. The lowest BCUT2D eigenvalue weighted by molar-refractivity contribution is 0.668. The minimum absolute atomic E-state index is 0.105. The van der Waals surface area contributed by atoms with E-state index in [2.05, 4.69) is 198 Å². The zero-order valence-corrected chi connectivity index (χ0v) is 31.8. The highest BCUT2D eigenvalue weighted by atomic mass is 16.3. The van der Waals surface area contributed by atoms with Gasteiger partial charge in [-0.1, -0.05) is 115 Å². The van der Waals surface area contributed by atoms with Gasteiger partial charge in [-0.2, -0.15) is 0 Å². The molecule has 0 bridgehead atoms. The van der Waals surface area contributed by atoms with Gasteiger partial charge in [0, 0.05) is 55.7 Å². The van der Waals surface area contributed by atoms with Crippen LogP contribution in [-0.4, -0.2) is 6.71 Å². The fourth-order valence-electron chi connectivity index (χ4n) is 10.0. The van der Waals surface area contributed by atoms with Crippen molar-refractivity contribution in [1.82, 2.24) is 0 Å². The monoisotopic (exact) mass is 752 g/mol. The lowest BCUT2D eigenvalue weighted by Gasteiger charge is -2.45. The molecule has 2 aliphatic rings. The van der Waals surface area contributed by atoms with Crippen molar-refractivity contribution in [3.05, 3.63) is 200 Å². The average molecular weight is 753 g/mol. The Morgan fingerprint density at radius 1 is 0.305 bits per heavy atom. The Kier molecular flexibility index (Phi) is 6.78. The Morgan fingerprint density at radius 2 is 0.695 bits per heavy atom. The quantitative estimate of drug-likeness (QED) is 0.168. The Balaban J connectivity index is 1.15. The van der Waals surface area contributed by atoms with Gasteiger partial charge < -0.3 is 18.6 Å². The number of para-hydroxylation sites is 4. The molecule has 0 saturated carbocycles. The van der Waals surface area contributed by atoms with Gasteiger partial charge in [0.25, 0.3) is 6.71 Å². The number of furan rings is 2. The normalized spacial score (nSPS) is 13.0. The van der Waals surface area contributed by atoms with Crippen molar-refractivity contribution in [3.8, 4) is 22.3 Å². The van der Waals surface area contributed by atoms with Crippen LogP contribution in [0.15, 0.2) is 209 Å². The molecule has 0 aliphatic carbocycles. The maximum Gasteiger partial charge on any atom is 0.253 e. The molecule has 274 valence electrons. The van der Waals surface area contributed by atoms with Crippen molar-refractivity contribution in [1.29, 1.82) is 0 Å². The second kappa shape index (κ2) is 12.4. The first-order valence-corrected chi connectivity index (χ1v) is 20.2. The number of anilines is 6. The van der Waals surface area contributed by atoms with E-state index in [1.54, 1.807) is 0 Å². The number of fused-ring (bicyclic) bond motifs is 10. The molecule has 59 heavy (non-hydrogen) atoms. The highest BCUT2D eigenvalue weighted by molar-refractivity contribution is 7.01. The third-order valence-corrected chi connectivity index (χ3v) is 12.5. The van der Waals surface area contributed by atoms with Crippen LogP contribution in [0.1, 0.15) is 0 Å². The van der Waals surface area contributed by atoms with Crippen molar-refractivity contribution in [3.63, 3.8) is 0 Å². The lowest BCUT2D eigenvalue weighted by Crippen LogP contribution is -2.62. The van der Waals surface area contributed by atoms with Gasteiger partial charge in [0.05, 0.1) is 0 Å². The second-order valence-electron chi connectivity index (χ2n) is 15.6. The van der Waals surface area contributed by atoms with Gasteiger partial charge in [-0.3, -0.25) is 0 Å². The Bertz CT molecular complexity index is 3250. The van der Waals surface area contributed by atoms with Crippen molar-refractivity contribution in [2.24, 2.45) is 0 Å². The maximum atomic E-state index is 6.34. The van der Waals surface area contributed by atoms with Gasteiger partial charge in [-0.15, -0.1) is 0 Å². The van der Waals surface area contributed by atoms with E-state index in [-0.39, 0.29) is 6.71 Å². The molecule has 11 aromatic rings. The summed E-state index contributed by atoms with van der Waals surface area (Å²) in [7, 11) is 0. The van der Waals surface area contributed by atoms with E-state index in [4.69, 9.17) is 8.83 Å². The largest absolute Gasteiger partial charge is 0.456 e. The van der Waals surface area contributed by atoms with E-state index >= 15 is 0 Å². The molecule has 0 N–H and O–H groups in total. The molecule has 13 rings (SSSR count). The highest BCUT2D eigenvalue weighted by Crippen LogP contribution is 2.46. The first kappa shape index (κ1) is 32.3. The molecule has 0 amide bonds. The molecular weight excluding hydrogens is 719 g/mol. The van der Waals surface area contributed by atoms with Crippen LogP contribution in [-0.2, 0) is 0 Å². The molecule has 0 saturated heterocycles. The molecule has 0 unspecified atom stereocenters. The number of benzene rings is 9. The summed E-state index contributed by atoms with van der Waals surface area (Å²) >= 11 is 0. The molecular formula is C54H33BN2O2. The summed E-state index contributed by atoms with van der Waals surface area (Å²) in [6, 6.07) is 72.2. The average Bonchev–Trinajstić information content (AvgIpc) is 3.87. The van der Waals surface area contributed by atoms with Gasteiger partial charge in [0.15, 0.2) is 0 Å². The van der Waals surface area contributed by atoms with Gasteiger partial charge >= 0.3 is 0 Å². The Morgan fingerprint density at radius 3 is 1.17 bits per heavy atom. The van der Waals surface area contributed by atoms with Gasteiger partial charge in [0.1, 0.15) is 22.3 Å². The zero-order valence-electron chi connectivity index (χ0n) is 31.8. The number of hydrogen-bond donors (Lipinski definition) is 0. The van der Waals surface area contributed by atoms with Crippen LogP contribution in [0.4, 0.5) is 34.1 Å². The number of nitrogens with zero attached hydrogens (tertiary/aromatic N) is 2. The fourth-order valence-corrected chi connectivity index (χ4v) is 10.0. The van der Waals surface area contributed by atoms with Gasteiger partial charge in [0.2, 0.25) is 0 Å². The first-order valence-electron chi connectivity index (χ1n) is 20.2. The summed E-state index contributed by atoms with van der Waals surface area (Å²) in [6.45, 7) is -0.105. The standard InChI is InChI=1S/C54H33BN2O2/c1-3-14-36(15-4-1)56-44-22-11-20-38(34-28-30-50-42(32-34)40-18-7-9-26-48(40)58-50)52(44)55-53-39(35-29-31-51-43(33-35)41-19-8-10-27-49(41)59-51)21-12-23-45(53)57(37-16-5-2-6-17-37)47-25-13-24-46(56)54(47)55/h1-33H. The molecule has 2 aromatic heterocycles. The molecule has 4 heterocycles. The van der Waals surface area contributed by atoms with Crippen molar-refractivity contribution < 1.29 is 8.83 Å². The van der Waals surface area contributed by atoms with Crippen LogP contribution in [0, 0.1) is 0 Å².